The number of allylic oxidation sites excluding steroid dienone is 8. The molecule has 8 aromatic rings. The third-order valence-corrected chi connectivity index (χ3v) is 12.4. The number of aromatic nitrogens is 1. The third kappa shape index (κ3) is 4.25. The molecule has 0 radical (unpaired) electrons. The number of benzene rings is 5. The number of para-hydroxylation sites is 2. The molecule has 0 fully saturated rings. The Balaban J connectivity index is 1.33. The fourth-order valence-corrected chi connectivity index (χ4v) is 10.3. The van der Waals surface area contributed by atoms with Crippen molar-refractivity contribution in [2.45, 2.75) is 39.5 Å². The van der Waals surface area contributed by atoms with Crippen molar-refractivity contribution in [3.63, 3.8) is 0 Å². The minimum atomic E-state index is 0.366. The molecule has 0 N–H and O–H groups in total. The summed E-state index contributed by atoms with van der Waals surface area (Å²) in [5.41, 5.74) is 11.8. The highest BCUT2D eigenvalue weighted by atomic mass is 32.1. The van der Waals surface area contributed by atoms with E-state index in [0.717, 1.165) is 36.8 Å². The first-order valence-corrected chi connectivity index (χ1v) is 18.5. The zero-order valence-electron chi connectivity index (χ0n) is 27.9. The summed E-state index contributed by atoms with van der Waals surface area (Å²) in [7, 11) is 0. The van der Waals surface area contributed by atoms with Crippen LogP contribution in [0, 0.1) is 11.8 Å². The van der Waals surface area contributed by atoms with Gasteiger partial charge in [-0.1, -0.05) is 122 Å². The molecule has 0 aliphatic heterocycles. The first kappa shape index (κ1) is 28.9. The zero-order chi connectivity index (χ0) is 32.6. The van der Waals surface area contributed by atoms with E-state index in [2.05, 4.69) is 146 Å². The van der Waals surface area contributed by atoms with E-state index in [1.807, 2.05) is 11.3 Å². The molecular weight excluding hydrogens is 615 g/mol. The molecule has 2 unspecified atom stereocenters. The van der Waals surface area contributed by atoms with Crippen LogP contribution < -0.4 is 0 Å². The van der Waals surface area contributed by atoms with Crippen LogP contribution in [0.3, 0.4) is 0 Å². The second-order valence-electron chi connectivity index (χ2n) is 13.8. The Bertz CT molecular complexity index is 2740. The lowest BCUT2D eigenvalue weighted by molar-refractivity contribution is 0.514. The second kappa shape index (κ2) is 11.2. The molecule has 5 aromatic carbocycles. The summed E-state index contributed by atoms with van der Waals surface area (Å²) < 4.78 is 12.3. The summed E-state index contributed by atoms with van der Waals surface area (Å²) in [6.45, 7) is 4.80. The van der Waals surface area contributed by atoms with Crippen LogP contribution in [-0.2, 0) is 0 Å². The molecule has 0 bridgehead atoms. The van der Waals surface area contributed by atoms with E-state index in [0.29, 0.717) is 11.8 Å². The largest absolute Gasteiger partial charge is 0.455 e. The van der Waals surface area contributed by atoms with Crippen LogP contribution in [0.15, 0.2) is 143 Å². The van der Waals surface area contributed by atoms with Crippen molar-refractivity contribution in [1.29, 1.82) is 0 Å². The topological polar surface area (TPSA) is 18.1 Å². The zero-order valence-corrected chi connectivity index (χ0v) is 28.7. The highest BCUT2D eigenvalue weighted by Gasteiger charge is 2.31. The molecule has 0 amide bonds. The molecule has 238 valence electrons. The normalized spacial score (nSPS) is 20.2. The maximum atomic E-state index is 6.93. The van der Waals surface area contributed by atoms with Crippen molar-refractivity contribution in [3.8, 4) is 0 Å². The van der Waals surface area contributed by atoms with Crippen LogP contribution in [0.25, 0.3) is 75.2 Å². The maximum absolute atomic E-state index is 6.93. The first-order chi connectivity index (χ1) is 24.2. The van der Waals surface area contributed by atoms with Gasteiger partial charge in [0.25, 0.3) is 0 Å². The fraction of sp³-hybridized carbons (Fsp3) is 0.174. The third-order valence-electron chi connectivity index (χ3n) is 11.2. The molecule has 3 heteroatoms. The van der Waals surface area contributed by atoms with Gasteiger partial charge in [0, 0.05) is 49.2 Å². The molecule has 2 atom stereocenters. The lowest BCUT2D eigenvalue weighted by Crippen LogP contribution is -2.16. The average molecular weight is 652 g/mol. The molecule has 3 aromatic heterocycles. The summed E-state index contributed by atoms with van der Waals surface area (Å²) in [6, 6.07) is 37.7. The van der Waals surface area contributed by atoms with Crippen molar-refractivity contribution in [3.05, 3.63) is 144 Å². The Morgan fingerprint density at radius 1 is 0.755 bits per heavy atom. The minimum absolute atomic E-state index is 0.366. The number of thiophene rings is 1. The molecule has 3 heterocycles. The van der Waals surface area contributed by atoms with E-state index in [-0.39, 0.29) is 0 Å². The lowest BCUT2D eigenvalue weighted by Gasteiger charge is -2.28. The maximum Gasteiger partial charge on any atom is 0.146 e. The van der Waals surface area contributed by atoms with Gasteiger partial charge in [-0.2, -0.15) is 0 Å². The minimum Gasteiger partial charge on any atom is -0.455 e. The van der Waals surface area contributed by atoms with Gasteiger partial charge < -0.3 is 8.98 Å². The summed E-state index contributed by atoms with van der Waals surface area (Å²) in [5.74, 6) is 0.742. The van der Waals surface area contributed by atoms with E-state index < -0.39 is 0 Å². The highest BCUT2D eigenvalue weighted by Crippen LogP contribution is 2.52. The van der Waals surface area contributed by atoms with Gasteiger partial charge in [-0.05, 0) is 67.5 Å². The number of hydrogen-bond acceptors (Lipinski definition) is 2. The molecular formula is C46H37NOS. The van der Waals surface area contributed by atoms with E-state index in [1.54, 1.807) is 0 Å². The van der Waals surface area contributed by atoms with Crippen molar-refractivity contribution in [1.82, 2.24) is 4.57 Å². The molecule has 2 aliphatic rings. The predicted octanol–water partition coefficient (Wildman–Crippen LogP) is 13.7. The second-order valence-corrected chi connectivity index (χ2v) is 14.9. The smallest absolute Gasteiger partial charge is 0.146 e. The Kier molecular flexibility index (Phi) is 6.61. The number of rotatable bonds is 3. The van der Waals surface area contributed by atoms with Crippen molar-refractivity contribution in [2.24, 2.45) is 11.8 Å². The summed E-state index contributed by atoms with van der Waals surface area (Å²) in [5, 5.41) is 7.57. The highest BCUT2D eigenvalue weighted by molar-refractivity contribution is 7.27. The van der Waals surface area contributed by atoms with Crippen LogP contribution in [0.4, 0.5) is 0 Å². The molecule has 0 saturated heterocycles. The number of nitrogens with zero attached hydrogens (tertiary/aromatic N) is 1. The van der Waals surface area contributed by atoms with Gasteiger partial charge in [-0.3, -0.25) is 0 Å². The summed E-state index contributed by atoms with van der Waals surface area (Å²) >= 11 is 1.94. The van der Waals surface area contributed by atoms with E-state index >= 15 is 0 Å². The summed E-state index contributed by atoms with van der Waals surface area (Å²) in [6.07, 6.45) is 13.5. The van der Waals surface area contributed by atoms with Crippen LogP contribution in [0.5, 0.6) is 0 Å². The molecule has 49 heavy (non-hydrogen) atoms. The van der Waals surface area contributed by atoms with Crippen molar-refractivity contribution < 1.29 is 4.42 Å². The quantitative estimate of drug-likeness (QED) is 0.186. The number of hydrogen-bond donors (Lipinski definition) is 0. The SMILES string of the molecule is CCC1CC2C=CC=C/C2=C(\c2ccccc2)CCC(C)=C1n1c2ccccc2c2c3oc4ccccc4c3c3c4ccccc4sc3c21. The van der Waals surface area contributed by atoms with Crippen LogP contribution in [-0.4, -0.2) is 4.57 Å². The van der Waals surface area contributed by atoms with E-state index in [9.17, 15) is 0 Å². The Morgan fingerprint density at radius 2 is 1.51 bits per heavy atom. The van der Waals surface area contributed by atoms with Crippen molar-refractivity contribution >= 4 is 86.5 Å². The summed E-state index contributed by atoms with van der Waals surface area (Å²) in [4.78, 5) is 0. The van der Waals surface area contributed by atoms with Crippen LogP contribution >= 0.6 is 11.3 Å². The van der Waals surface area contributed by atoms with Gasteiger partial charge in [0.05, 0.1) is 21.1 Å². The number of fused-ring (bicyclic) bond motifs is 13. The van der Waals surface area contributed by atoms with E-state index in [1.165, 1.54) is 80.7 Å². The molecule has 0 saturated carbocycles. The van der Waals surface area contributed by atoms with Crippen molar-refractivity contribution in [2.75, 3.05) is 0 Å². The Hall–Kier alpha value is -5.12. The molecule has 10 rings (SSSR count). The fourth-order valence-electron chi connectivity index (χ4n) is 9.02. The average Bonchev–Trinajstić information content (AvgIpc) is 3.83. The molecule has 2 aliphatic carbocycles. The van der Waals surface area contributed by atoms with Gasteiger partial charge in [0.15, 0.2) is 0 Å². The van der Waals surface area contributed by atoms with Gasteiger partial charge >= 0.3 is 0 Å². The molecule has 0 spiro atoms. The monoisotopic (exact) mass is 651 g/mol. The van der Waals surface area contributed by atoms with Gasteiger partial charge in [-0.25, -0.2) is 0 Å². The predicted molar refractivity (Wildman–Crippen MR) is 211 cm³/mol. The Labute approximate surface area is 290 Å². The number of furan rings is 1. The van der Waals surface area contributed by atoms with Crippen LogP contribution in [0.1, 0.15) is 45.1 Å². The first-order valence-electron chi connectivity index (χ1n) is 17.7. The van der Waals surface area contributed by atoms with Gasteiger partial charge in [0.2, 0.25) is 0 Å². The molecule has 2 nitrogen and oxygen atoms in total. The van der Waals surface area contributed by atoms with Gasteiger partial charge in [0.1, 0.15) is 11.2 Å². The van der Waals surface area contributed by atoms with Crippen LogP contribution in [0.2, 0.25) is 0 Å². The van der Waals surface area contributed by atoms with E-state index in [4.69, 9.17) is 4.42 Å². The van der Waals surface area contributed by atoms with Gasteiger partial charge in [-0.15, -0.1) is 11.3 Å². The standard InChI is InChI=1S/C46H37NOS/c1-3-29-27-31-17-7-8-18-32(31)33(30-15-5-4-6-16-30)26-25-28(2)43(29)47-37-22-12-9-19-34(37)42-44(47)46-41(36-21-11-14-24-39(36)49-46)40-35-20-10-13-23-38(35)48-45(40)42/h4-24,29,31H,3,25-27H2,1-2H3/b33-32+,43-28?. The Morgan fingerprint density at radius 3 is 2.37 bits per heavy atom. The lowest BCUT2D eigenvalue weighted by atomic mass is 9.80.